The molecule has 0 bridgehead atoms. The van der Waals surface area contributed by atoms with Gasteiger partial charge in [-0.2, -0.15) is 0 Å². The van der Waals surface area contributed by atoms with E-state index in [1.807, 2.05) is 66.0 Å². The van der Waals surface area contributed by atoms with Crippen LogP contribution in [0, 0.1) is 0 Å². The van der Waals surface area contributed by atoms with Crippen molar-refractivity contribution in [2.75, 3.05) is 6.61 Å². The molecular formula is C30H27NO4S. The van der Waals surface area contributed by atoms with Gasteiger partial charge in [-0.05, 0) is 48.2 Å². The van der Waals surface area contributed by atoms with E-state index < -0.39 is 5.60 Å². The van der Waals surface area contributed by atoms with Gasteiger partial charge >= 0.3 is 0 Å². The second-order valence-electron chi connectivity index (χ2n) is 9.04. The molecule has 2 aliphatic heterocycles. The maximum absolute atomic E-state index is 10.3. The summed E-state index contributed by atoms with van der Waals surface area (Å²) in [6.45, 7) is 2.86. The molecule has 1 N–H and O–H groups in total. The maximum atomic E-state index is 10.3. The lowest BCUT2D eigenvalue weighted by Crippen LogP contribution is -2.39. The fourth-order valence-electron chi connectivity index (χ4n) is 4.94. The number of thiophene rings is 1. The van der Waals surface area contributed by atoms with E-state index >= 15 is 0 Å². The number of hydrogen-bond donors (Lipinski definition) is 1. The summed E-state index contributed by atoms with van der Waals surface area (Å²) >= 11 is 1.59. The van der Waals surface area contributed by atoms with Crippen molar-refractivity contribution in [3.63, 3.8) is 0 Å². The Labute approximate surface area is 214 Å². The van der Waals surface area contributed by atoms with Gasteiger partial charge in [-0.3, -0.25) is 0 Å². The van der Waals surface area contributed by atoms with Crippen LogP contribution in [-0.2, 0) is 10.3 Å². The number of unbranched alkanes of at least 4 members (excludes halogenated alkanes) is 3. The summed E-state index contributed by atoms with van der Waals surface area (Å²) in [5.74, 6) is 2.63. The number of rotatable bonds is 7. The van der Waals surface area contributed by atoms with Crippen molar-refractivity contribution in [2.24, 2.45) is 4.99 Å². The zero-order chi connectivity index (χ0) is 24.5. The Kier molecular flexibility index (Phi) is 5.89. The van der Waals surface area contributed by atoms with E-state index in [1.54, 1.807) is 23.5 Å². The molecule has 0 fully saturated rings. The van der Waals surface area contributed by atoms with Gasteiger partial charge in [0, 0.05) is 28.8 Å². The molecule has 1 unspecified atom stereocenters. The molecule has 4 aromatic rings. The van der Waals surface area contributed by atoms with E-state index in [9.17, 15) is 5.11 Å². The highest BCUT2D eigenvalue weighted by Gasteiger charge is 2.50. The van der Waals surface area contributed by atoms with Crippen LogP contribution in [0.25, 0.3) is 0 Å². The zero-order valence-electron chi connectivity index (χ0n) is 20.1. The number of para-hydroxylation sites is 1. The molecular weight excluding hydrogens is 470 g/mol. The predicted octanol–water partition coefficient (Wildman–Crippen LogP) is 7.92. The van der Waals surface area contributed by atoms with Crippen molar-refractivity contribution in [2.45, 2.75) is 38.2 Å². The lowest BCUT2D eigenvalue weighted by atomic mass is 9.76. The first kappa shape index (κ1) is 22.7. The highest BCUT2D eigenvalue weighted by atomic mass is 32.1. The normalized spacial score (nSPS) is 17.3. The van der Waals surface area contributed by atoms with Gasteiger partial charge in [-0.1, -0.05) is 50.5 Å². The minimum atomic E-state index is -0.992. The third-order valence-corrected chi connectivity index (χ3v) is 7.51. The summed E-state index contributed by atoms with van der Waals surface area (Å²) in [6.07, 6.45) is 4.58. The molecule has 2 aliphatic rings. The van der Waals surface area contributed by atoms with Crippen LogP contribution in [0.5, 0.6) is 23.0 Å². The van der Waals surface area contributed by atoms with Crippen LogP contribution in [0.4, 0.5) is 5.69 Å². The summed E-state index contributed by atoms with van der Waals surface area (Å²) in [4.78, 5) is 5.82. The van der Waals surface area contributed by atoms with Crippen molar-refractivity contribution < 1.29 is 19.3 Å². The lowest BCUT2D eigenvalue weighted by Gasteiger charge is -2.43. The van der Waals surface area contributed by atoms with Crippen LogP contribution in [0.2, 0.25) is 0 Å². The summed E-state index contributed by atoms with van der Waals surface area (Å²) in [6, 6.07) is 23.2. The van der Waals surface area contributed by atoms with Crippen LogP contribution in [0.3, 0.4) is 0 Å². The first-order valence-electron chi connectivity index (χ1n) is 12.4. The molecule has 0 amide bonds. The average molecular weight is 498 g/mol. The number of phenolic OH excluding ortho intramolecular Hbond substituents is 1. The van der Waals surface area contributed by atoms with E-state index in [-0.39, 0.29) is 5.75 Å². The summed E-state index contributed by atoms with van der Waals surface area (Å²) in [7, 11) is 0. The van der Waals surface area contributed by atoms with Crippen molar-refractivity contribution >= 4 is 22.9 Å². The van der Waals surface area contributed by atoms with E-state index in [2.05, 4.69) is 6.92 Å². The van der Waals surface area contributed by atoms with E-state index in [0.717, 1.165) is 45.8 Å². The Morgan fingerprint density at radius 1 is 0.889 bits per heavy atom. The van der Waals surface area contributed by atoms with Crippen molar-refractivity contribution in [1.82, 2.24) is 0 Å². The molecule has 36 heavy (non-hydrogen) atoms. The number of phenols is 1. The minimum absolute atomic E-state index is 0.131. The van der Waals surface area contributed by atoms with Gasteiger partial charge in [0.2, 0.25) is 5.90 Å². The molecule has 0 saturated carbocycles. The Balaban J connectivity index is 1.49. The Bertz CT molecular complexity index is 1430. The average Bonchev–Trinajstić information content (AvgIpc) is 3.43. The Morgan fingerprint density at radius 3 is 2.56 bits per heavy atom. The quantitative estimate of drug-likeness (QED) is 0.264. The number of aliphatic imine (C=N–C) groups is 1. The molecule has 1 atom stereocenters. The maximum Gasteiger partial charge on any atom is 0.233 e. The monoisotopic (exact) mass is 497 g/mol. The molecule has 182 valence electrons. The standard InChI is InChI=1S/C30H27NO4S/c1-2-3-4-7-16-33-21-13-15-24-27(19-21)34-26-18-20(32)12-14-23(26)30(24)22-9-5-6-10-25(22)31-29(35-30)28-11-8-17-36-28/h5-6,8-15,17-19,32H,2-4,7,16H2,1H3. The van der Waals surface area contributed by atoms with Crippen molar-refractivity contribution in [1.29, 1.82) is 0 Å². The SMILES string of the molecule is CCCCCCOc1ccc2c(c1)Oc1cc(O)ccc1C21OC(c2cccs2)=Nc2ccccc21. The number of aromatic hydroxyl groups is 1. The van der Waals surface area contributed by atoms with Gasteiger partial charge in [0.1, 0.15) is 23.0 Å². The molecule has 3 aromatic carbocycles. The van der Waals surface area contributed by atoms with Crippen LogP contribution < -0.4 is 9.47 Å². The van der Waals surface area contributed by atoms with Crippen LogP contribution >= 0.6 is 11.3 Å². The Hall–Kier alpha value is -3.77. The molecule has 1 aromatic heterocycles. The molecule has 6 rings (SSSR count). The van der Waals surface area contributed by atoms with E-state index in [0.29, 0.717) is 24.0 Å². The number of nitrogens with zero attached hydrogens (tertiary/aromatic N) is 1. The molecule has 0 radical (unpaired) electrons. The first-order valence-corrected chi connectivity index (χ1v) is 13.3. The van der Waals surface area contributed by atoms with Gasteiger partial charge in [-0.25, -0.2) is 4.99 Å². The smallest absolute Gasteiger partial charge is 0.233 e. The molecule has 0 saturated heterocycles. The fourth-order valence-corrected chi connectivity index (χ4v) is 5.59. The van der Waals surface area contributed by atoms with Crippen LogP contribution in [-0.4, -0.2) is 17.6 Å². The van der Waals surface area contributed by atoms with Crippen molar-refractivity contribution in [3.8, 4) is 23.0 Å². The first-order chi connectivity index (χ1) is 17.7. The second kappa shape index (κ2) is 9.36. The van der Waals surface area contributed by atoms with Gasteiger partial charge < -0.3 is 19.3 Å². The number of fused-ring (bicyclic) bond motifs is 6. The van der Waals surface area contributed by atoms with E-state index in [4.69, 9.17) is 19.2 Å². The molecule has 6 heteroatoms. The van der Waals surface area contributed by atoms with Gasteiger partial charge in [0.25, 0.3) is 0 Å². The second-order valence-corrected chi connectivity index (χ2v) is 9.99. The van der Waals surface area contributed by atoms with Crippen molar-refractivity contribution in [3.05, 3.63) is 99.7 Å². The van der Waals surface area contributed by atoms with Gasteiger partial charge in [0.15, 0.2) is 5.60 Å². The minimum Gasteiger partial charge on any atom is -0.508 e. The molecule has 1 spiro atoms. The molecule has 3 heterocycles. The number of ether oxygens (including phenoxy) is 3. The lowest BCUT2D eigenvalue weighted by molar-refractivity contribution is 0.124. The molecule has 5 nitrogen and oxygen atoms in total. The number of benzene rings is 3. The number of hydrogen-bond acceptors (Lipinski definition) is 6. The third-order valence-electron chi connectivity index (χ3n) is 6.65. The Morgan fingerprint density at radius 2 is 1.72 bits per heavy atom. The highest BCUT2D eigenvalue weighted by Crippen LogP contribution is 2.57. The summed E-state index contributed by atoms with van der Waals surface area (Å²) in [5.41, 5.74) is 2.46. The topological polar surface area (TPSA) is 60.3 Å². The summed E-state index contributed by atoms with van der Waals surface area (Å²) < 4.78 is 19.3. The van der Waals surface area contributed by atoms with Gasteiger partial charge in [-0.15, -0.1) is 11.3 Å². The van der Waals surface area contributed by atoms with Crippen LogP contribution in [0.1, 0.15) is 54.2 Å². The van der Waals surface area contributed by atoms with Gasteiger partial charge in [0.05, 0.1) is 17.2 Å². The largest absolute Gasteiger partial charge is 0.508 e. The molecule has 0 aliphatic carbocycles. The fraction of sp³-hybridized carbons (Fsp3) is 0.233. The summed E-state index contributed by atoms with van der Waals surface area (Å²) in [5, 5.41) is 12.3. The third kappa shape index (κ3) is 3.82. The highest BCUT2D eigenvalue weighted by molar-refractivity contribution is 7.12. The van der Waals surface area contributed by atoms with Crippen LogP contribution in [0.15, 0.2) is 83.2 Å². The zero-order valence-corrected chi connectivity index (χ0v) is 20.9. The van der Waals surface area contributed by atoms with E-state index in [1.165, 1.54) is 12.8 Å². The predicted molar refractivity (Wildman–Crippen MR) is 142 cm³/mol.